The van der Waals surface area contributed by atoms with E-state index in [0.29, 0.717) is 33.0 Å². The van der Waals surface area contributed by atoms with E-state index in [-0.39, 0.29) is 12.2 Å². The Labute approximate surface area is 245 Å². The summed E-state index contributed by atoms with van der Waals surface area (Å²) in [6, 6.07) is 13.2. The van der Waals surface area contributed by atoms with Gasteiger partial charge in [-0.15, -0.1) is 0 Å². The molecule has 0 bridgehead atoms. The van der Waals surface area contributed by atoms with Crippen molar-refractivity contribution in [1.29, 1.82) is 0 Å². The van der Waals surface area contributed by atoms with Crippen molar-refractivity contribution >= 4 is 5.69 Å². The topological polar surface area (TPSA) is 70.7 Å². The van der Waals surface area contributed by atoms with Gasteiger partial charge in [0.15, 0.2) is 0 Å². The fraction of sp³-hybridized carbons (Fsp3) is 0.636. The van der Waals surface area contributed by atoms with Gasteiger partial charge in [0.05, 0.1) is 38.2 Å². The van der Waals surface area contributed by atoms with E-state index in [0.717, 1.165) is 82.1 Å². The number of benzene rings is 2. The van der Waals surface area contributed by atoms with Gasteiger partial charge < -0.3 is 38.6 Å². The standard InChI is InChI=1S/C33H48N2O6/c1-4-38-25(2)22-37-23-26-8-10-29-28(19-26)7-5-17-41-33(29)12-13-34-21-32(33)40-24-27-9-11-31-30(20-27)35(15-18-39-31)14-6-16-36-3/h8-11,19-20,25,32,34H,4-7,12-18,21-24H2,1-3H3/t25-,32+,33+/m1/s1. The number of rotatable bonds is 13. The third kappa shape index (κ3) is 7.42. The second kappa shape index (κ2) is 14.8. The molecule has 8 nitrogen and oxygen atoms in total. The Kier molecular flexibility index (Phi) is 10.9. The number of fused-ring (bicyclic) bond motifs is 3. The van der Waals surface area contributed by atoms with E-state index in [1.165, 1.54) is 16.7 Å². The molecule has 0 saturated carbocycles. The highest BCUT2D eigenvalue weighted by Gasteiger charge is 2.46. The molecule has 1 saturated heterocycles. The van der Waals surface area contributed by atoms with Gasteiger partial charge in [-0.05, 0) is 80.5 Å². The van der Waals surface area contributed by atoms with Crippen LogP contribution in [-0.2, 0) is 48.9 Å². The van der Waals surface area contributed by atoms with Crippen LogP contribution in [0.4, 0.5) is 5.69 Å². The van der Waals surface area contributed by atoms with Crippen LogP contribution in [0.5, 0.6) is 5.75 Å². The summed E-state index contributed by atoms with van der Waals surface area (Å²) in [5.41, 5.74) is 5.66. The Balaban J connectivity index is 1.29. The zero-order valence-electron chi connectivity index (χ0n) is 25.1. The van der Waals surface area contributed by atoms with E-state index in [2.05, 4.69) is 53.5 Å². The molecule has 41 heavy (non-hydrogen) atoms. The minimum Gasteiger partial charge on any atom is -0.490 e. The van der Waals surface area contributed by atoms with E-state index in [4.69, 9.17) is 28.4 Å². The Morgan fingerprint density at radius 1 is 1.12 bits per heavy atom. The molecule has 5 rings (SSSR count). The lowest BCUT2D eigenvalue weighted by Gasteiger charge is -2.44. The Morgan fingerprint density at radius 3 is 2.88 bits per heavy atom. The van der Waals surface area contributed by atoms with Crippen LogP contribution in [0.1, 0.15) is 55.4 Å². The normalized spacial score (nSPS) is 23.0. The average molecular weight is 569 g/mol. The van der Waals surface area contributed by atoms with Crippen molar-refractivity contribution in [3.05, 3.63) is 58.7 Å². The summed E-state index contributed by atoms with van der Waals surface area (Å²) >= 11 is 0. The smallest absolute Gasteiger partial charge is 0.142 e. The lowest BCUT2D eigenvalue weighted by molar-refractivity contribution is -0.168. The third-order valence-corrected chi connectivity index (χ3v) is 8.38. The predicted molar refractivity (Wildman–Crippen MR) is 160 cm³/mol. The molecule has 1 spiro atoms. The molecule has 3 aliphatic rings. The SMILES string of the molecule is CCO[C@H](C)COCc1ccc2c(c1)CCCO[C@@]21CCNC[C@@H]1OCc1ccc2c(c1)N(CCCOC)CCO2. The number of hydrogen-bond donors (Lipinski definition) is 1. The van der Waals surface area contributed by atoms with Crippen molar-refractivity contribution in [2.75, 3.05) is 71.2 Å². The summed E-state index contributed by atoms with van der Waals surface area (Å²) in [4.78, 5) is 2.40. The highest BCUT2D eigenvalue weighted by Crippen LogP contribution is 2.42. The lowest BCUT2D eigenvalue weighted by Crippen LogP contribution is -2.54. The molecule has 3 aliphatic heterocycles. The van der Waals surface area contributed by atoms with Gasteiger partial charge in [0.25, 0.3) is 0 Å². The average Bonchev–Trinajstić information content (AvgIpc) is 3.16. The van der Waals surface area contributed by atoms with Crippen LogP contribution in [0.15, 0.2) is 36.4 Å². The van der Waals surface area contributed by atoms with E-state index in [9.17, 15) is 0 Å². The zero-order chi connectivity index (χ0) is 28.5. The molecule has 2 aromatic rings. The molecule has 1 fully saturated rings. The maximum atomic E-state index is 6.75. The summed E-state index contributed by atoms with van der Waals surface area (Å²) < 4.78 is 36.3. The van der Waals surface area contributed by atoms with Gasteiger partial charge >= 0.3 is 0 Å². The summed E-state index contributed by atoms with van der Waals surface area (Å²) in [6.07, 6.45) is 3.90. The summed E-state index contributed by atoms with van der Waals surface area (Å²) in [7, 11) is 1.76. The summed E-state index contributed by atoms with van der Waals surface area (Å²) in [5, 5.41) is 3.56. The molecule has 8 heteroatoms. The Morgan fingerprint density at radius 2 is 2.00 bits per heavy atom. The number of methoxy groups -OCH3 is 1. The number of nitrogens with one attached hydrogen (secondary N) is 1. The summed E-state index contributed by atoms with van der Waals surface area (Å²) in [6.45, 7) is 12.2. The van der Waals surface area contributed by atoms with E-state index < -0.39 is 5.60 Å². The molecule has 3 atom stereocenters. The monoisotopic (exact) mass is 568 g/mol. The van der Waals surface area contributed by atoms with Crippen molar-refractivity contribution in [3.8, 4) is 5.75 Å². The lowest BCUT2D eigenvalue weighted by atomic mass is 9.79. The first-order valence-corrected chi connectivity index (χ1v) is 15.4. The van der Waals surface area contributed by atoms with Crippen LogP contribution in [0.3, 0.4) is 0 Å². The molecule has 0 aromatic heterocycles. The van der Waals surface area contributed by atoms with E-state index in [1.807, 2.05) is 6.92 Å². The molecular formula is C33H48N2O6. The number of nitrogens with zero attached hydrogens (tertiary/aromatic N) is 1. The minimum atomic E-state index is -0.455. The first kappa shape index (κ1) is 30.3. The first-order chi connectivity index (χ1) is 20.1. The van der Waals surface area contributed by atoms with Crippen LogP contribution in [-0.4, -0.2) is 78.5 Å². The molecule has 1 N–H and O–H groups in total. The highest BCUT2D eigenvalue weighted by molar-refractivity contribution is 5.61. The van der Waals surface area contributed by atoms with E-state index >= 15 is 0 Å². The van der Waals surface area contributed by atoms with Crippen molar-refractivity contribution in [2.45, 2.75) is 70.6 Å². The predicted octanol–water partition coefficient (Wildman–Crippen LogP) is 4.60. The summed E-state index contributed by atoms with van der Waals surface area (Å²) in [5.74, 6) is 0.946. The number of hydrogen-bond acceptors (Lipinski definition) is 8. The quantitative estimate of drug-likeness (QED) is 0.352. The van der Waals surface area contributed by atoms with E-state index in [1.54, 1.807) is 7.11 Å². The maximum absolute atomic E-state index is 6.75. The second-order valence-electron chi connectivity index (χ2n) is 11.4. The van der Waals surface area contributed by atoms with Crippen LogP contribution in [0.2, 0.25) is 0 Å². The highest BCUT2D eigenvalue weighted by atomic mass is 16.6. The Hall–Kier alpha value is -2.20. The number of aryl methyl sites for hydroxylation is 1. The number of piperidine rings is 1. The van der Waals surface area contributed by atoms with Gasteiger partial charge in [0, 0.05) is 40.0 Å². The van der Waals surface area contributed by atoms with Crippen molar-refractivity contribution in [1.82, 2.24) is 5.32 Å². The Bertz CT molecular complexity index is 1110. The van der Waals surface area contributed by atoms with Crippen molar-refractivity contribution in [3.63, 3.8) is 0 Å². The van der Waals surface area contributed by atoms with Gasteiger partial charge in [-0.25, -0.2) is 0 Å². The molecule has 2 aromatic carbocycles. The van der Waals surface area contributed by atoms with Crippen molar-refractivity contribution < 1.29 is 28.4 Å². The van der Waals surface area contributed by atoms with Crippen LogP contribution in [0, 0.1) is 0 Å². The molecular weight excluding hydrogens is 520 g/mol. The number of anilines is 1. The number of ether oxygens (including phenoxy) is 6. The largest absolute Gasteiger partial charge is 0.490 e. The van der Waals surface area contributed by atoms with Gasteiger partial charge in [-0.1, -0.05) is 24.3 Å². The van der Waals surface area contributed by atoms with Gasteiger partial charge in [0.1, 0.15) is 24.1 Å². The minimum absolute atomic E-state index is 0.0904. The fourth-order valence-electron chi connectivity index (χ4n) is 6.36. The van der Waals surface area contributed by atoms with Gasteiger partial charge in [-0.2, -0.15) is 0 Å². The molecule has 226 valence electrons. The molecule has 3 heterocycles. The molecule has 0 aliphatic carbocycles. The van der Waals surface area contributed by atoms with Gasteiger partial charge in [-0.3, -0.25) is 0 Å². The molecule has 0 amide bonds. The zero-order valence-corrected chi connectivity index (χ0v) is 25.1. The fourth-order valence-corrected chi connectivity index (χ4v) is 6.36. The van der Waals surface area contributed by atoms with Crippen LogP contribution < -0.4 is 15.0 Å². The van der Waals surface area contributed by atoms with Gasteiger partial charge in [0.2, 0.25) is 0 Å². The molecule has 0 unspecified atom stereocenters. The van der Waals surface area contributed by atoms with Crippen LogP contribution >= 0.6 is 0 Å². The molecule has 0 radical (unpaired) electrons. The van der Waals surface area contributed by atoms with Crippen molar-refractivity contribution in [2.24, 2.45) is 0 Å². The van der Waals surface area contributed by atoms with Crippen LogP contribution in [0.25, 0.3) is 0 Å². The maximum Gasteiger partial charge on any atom is 0.142 e. The third-order valence-electron chi connectivity index (χ3n) is 8.38. The second-order valence-corrected chi connectivity index (χ2v) is 11.4. The first-order valence-electron chi connectivity index (χ1n) is 15.4.